The zero-order valence-electron chi connectivity index (χ0n) is 20.6. The highest BCUT2D eigenvalue weighted by Crippen LogP contribution is 2.70. The van der Waals surface area contributed by atoms with Gasteiger partial charge in [-0.3, -0.25) is 4.79 Å². The van der Waals surface area contributed by atoms with Crippen molar-refractivity contribution in [2.45, 2.75) is 116 Å². The smallest absolute Gasteiger partial charge is 0.311 e. The maximum atomic E-state index is 12.5. The van der Waals surface area contributed by atoms with Gasteiger partial charge in [-0.15, -0.1) is 0 Å². The molecule has 0 aromatic rings. The minimum atomic E-state index is -1.28. The lowest BCUT2D eigenvalue weighted by Crippen LogP contribution is -2.74. The number of hydrogen-bond donors (Lipinski definition) is 4. The summed E-state index contributed by atoms with van der Waals surface area (Å²) in [6.07, 6.45) is 5.18. The summed E-state index contributed by atoms with van der Waals surface area (Å²) >= 11 is 0. The maximum absolute atomic E-state index is 12.5. The molecular weight excluding hydrogens is 408 g/mol. The Balaban J connectivity index is 1.65. The fraction of sp³-hybridized carbons (Fsp3) is 0.962. The van der Waals surface area contributed by atoms with Crippen molar-refractivity contribution in [2.75, 3.05) is 6.61 Å². The van der Waals surface area contributed by atoms with Crippen LogP contribution in [0.15, 0.2) is 0 Å². The second-order valence-electron chi connectivity index (χ2n) is 12.9. The molecule has 6 nitrogen and oxygen atoms in total. The Morgan fingerprint density at radius 2 is 1.75 bits per heavy atom. The number of carbonyl (C=O) groups excluding carboxylic acids is 1. The van der Waals surface area contributed by atoms with Gasteiger partial charge >= 0.3 is 5.97 Å². The highest BCUT2D eigenvalue weighted by Gasteiger charge is 2.75. The van der Waals surface area contributed by atoms with Gasteiger partial charge in [0.05, 0.1) is 22.7 Å². The minimum Gasteiger partial charge on any atom is -0.462 e. The number of esters is 1. The summed E-state index contributed by atoms with van der Waals surface area (Å²) in [5.41, 5.74) is -4.14. The van der Waals surface area contributed by atoms with Gasteiger partial charge in [0.2, 0.25) is 0 Å². The van der Waals surface area contributed by atoms with Gasteiger partial charge in [-0.05, 0) is 97.3 Å². The predicted octanol–water partition coefficient (Wildman–Crippen LogP) is 3.19. The first-order valence-corrected chi connectivity index (χ1v) is 12.7. The largest absolute Gasteiger partial charge is 0.462 e. The number of rotatable bonds is 3. The van der Waals surface area contributed by atoms with Crippen LogP contribution < -0.4 is 0 Å². The standard InChI is InChI=1S/C26H44O6/c1-16(32-21(29)22(2,3)4)19-8-13-26(31)23(19,5)10-9-20-24(15-27)11-7-18(28)14-17(24)6-12-25(20,26)30/h16-20,27-28,30-31H,6-15H2,1-5H3/t16?,17?,18?,19-,20-,23-,24-,25+,26+/m1/s1. The van der Waals surface area contributed by atoms with Crippen LogP contribution in [0.25, 0.3) is 0 Å². The molecule has 0 aliphatic heterocycles. The molecule has 32 heavy (non-hydrogen) atoms. The summed E-state index contributed by atoms with van der Waals surface area (Å²) in [6.45, 7) is 9.52. The van der Waals surface area contributed by atoms with Gasteiger partial charge in [0.15, 0.2) is 0 Å². The van der Waals surface area contributed by atoms with Crippen LogP contribution in [0.4, 0.5) is 0 Å². The molecule has 9 atom stereocenters. The highest BCUT2D eigenvalue weighted by molar-refractivity contribution is 5.75. The topological polar surface area (TPSA) is 107 Å². The van der Waals surface area contributed by atoms with Gasteiger partial charge in [-0.1, -0.05) is 6.92 Å². The van der Waals surface area contributed by atoms with E-state index in [4.69, 9.17) is 4.74 Å². The van der Waals surface area contributed by atoms with Crippen LogP contribution in [0.3, 0.4) is 0 Å². The van der Waals surface area contributed by atoms with Crippen molar-refractivity contribution in [3.8, 4) is 0 Å². The van der Waals surface area contributed by atoms with Crippen LogP contribution in [0.5, 0.6) is 0 Å². The van der Waals surface area contributed by atoms with Crippen LogP contribution in [0, 0.1) is 34.0 Å². The monoisotopic (exact) mass is 452 g/mol. The first-order chi connectivity index (χ1) is 14.7. The van der Waals surface area contributed by atoms with E-state index in [1.165, 1.54) is 0 Å². The fourth-order valence-electron chi connectivity index (χ4n) is 8.57. The van der Waals surface area contributed by atoms with Crippen molar-refractivity contribution in [1.82, 2.24) is 0 Å². The molecule has 4 N–H and O–H groups in total. The number of aliphatic hydroxyl groups is 4. The molecule has 0 amide bonds. The van der Waals surface area contributed by atoms with Gasteiger partial charge in [-0.25, -0.2) is 0 Å². The van der Waals surface area contributed by atoms with E-state index in [2.05, 4.69) is 6.92 Å². The molecule has 0 saturated heterocycles. The number of aliphatic hydroxyl groups excluding tert-OH is 2. The summed E-state index contributed by atoms with van der Waals surface area (Å²) in [6, 6.07) is 0. The quantitative estimate of drug-likeness (QED) is 0.490. The molecule has 3 unspecified atom stereocenters. The molecule has 0 radical (unpaired) electrons. The molecule has 184 valence electrons. The molecule has 4 saturated carbocycles. The van der Waals surface area contributed by atoms with Crippen molar-refractivity contribution in [3.63, 3.8) is 0 Å². The second kappa shape index (κ2) is 7.66. The number of hydrogen-bond acceptors (Lipinski definition) is 6. The third-order valence-electron chi connectivity index (χ3n) is 10.5. The van der Waals surface area contributed by atoms with E-state index in [0.717, 1.165) is 12.8 Å². The molecule has 0 bridgehead atoms. The van der Waals surface area contributed by atoms with E-state index in [9.17, 15) is 25.2 Å². The summed E-state index contributed by atoms with van der Waals surface area (Å²) in [4.78, 5) is 12.5. The molecule has 4 aliphatic carbocycles. The lowest BCUT2D eigenvalue weighted by atomic mass is 9.41. The SMILES string of the molecule is CC(OC(=O)C(C)(C)C)[C@H]1CC[C@]2(O)[C@]1(C)CC[C@@H]1[C@@]3(CO)CCC(O)CC3CC[C@]12O. The third kappa shape index (κ3) is 3.15. The molecule has 4 rings (SSSR count). The summed E-state index contributed by atoms with van der Waals surface area (Å²) < 4.78 is 5.87. The summed E-state index contributed by atoms with van der Waals surface area (Å²) in [7, 11) is 0. The van der Waals surface area contributed by atoms with Crippen LogP contribution in [0.1, 0.15) is 92.4 Å². The molecular formula is C26H44O6. The Kier molecular flexibility index (Phi) is 5.85. The van der Waals surface area contributed by atoms with E-state index in [1.54, 1.807) is 0 Å². The Hall–Kier alpha value is -0.690. The molecule has 4 aliphatic rings. The van der Waals surface area contributed by atoms with Crippen molar-refractivity contribution in [1.29, 1.82) is 0 Å². The Bertz CT molecular complexity index is 747. The maximum Gasteiger partial charge on any atom is 0.311 e. The predicted molar refractivity (Wildman–Crippen MR) is 121 cm³/mol. The first kappa shape index (κ1) is 24.4. The van der Waals surface area contributed by atoms with Crippen LogP contribution in [-0.2, 0) is 9.53 Å². The molecule has 0 aromatic carbocycles. The van der Waals surface area contributed by atoms with Gasteiger partial charge in [0.25, 0.3) is 0 Å². The normalized spacial score (nSPS) is 49.5. The van der Waals surface area contributed by atoms with Crippen molar-refractivity contribution in [3.05, 3.63) is 0 Å². The summed E-state index contributed by atoms with van der Waals surface area (Å²) in [5.74, 6) is -0.273. The first-order valence-electron chi connectivity index (χ1n) is 12.7. The fourth-order valence-corrected chi connectivity index (χ4v) is 8.57. The average molecular weight is 453 g/mol. The summed E-state index contributed by atoms with van der Waals surface area (Å²) in [5, 5.41) is 45.4. The van der Waals surface area contributed by atoms with Crippen molar-refractivity contribution < 1.29 is 30.0 Å². The Morgan fingerprint density at radius 1 is 1.06 bits per heavy atom. The van der Waals surface area contributed by atoms with E-state index < -0.39 is 27.4 Å². The molecule has 6 heteroatoms. The molecule has 0 spiro atoms. The number of ether oxygens (including phenoxy) is 1. The van der Waals surface area contributed by atoms with Gasteiger partial charge in [0, 0.05) is 23.4 Å². The van der Waals surface area contributed by atoms with Crippen LogP contribution >= 0.6 is 0 Å². The molecule has 4 fully saturated rings. The minimum absolute atomic E-state index is 0.00676. The van der Waals surface area contributed by atoms with Crippen molar-refractivity contribution in [2.24, 2.45) is 34.0 Å². The average Bonchev–Trinajstić information content (AvgIpc) is 2.99. The number of fused-ring (bicyclic) bond motifs is 5. The van der Waals surface area contributed by atoms with Crippen molar-refractivity contribution >= 4 is 5.97 Å². The lowest BCUT2D eigenvalue weighted by Gasteiger charge is -2.67. The van der Waals surface area contributed by atoms with Crippen LogP contribution in [0.2, 0.25) is 0 Å². The third-order valence-corrected chi connectivity index (χ3v) is 10.5. The van der Waals surface area contributed by atoms with E-state index in [0.29, 0.717) is 44.9 Å². The van der Waals surface area contributed by atoms with Gasteiger partial charge in [0.1, 0.15) is 6.10 Å². The molecule has 0 aromatic heterocycles. The van der Waals surface area contributed by atoms with E-state index in [1.807, 2.05) is 27.7 Å². The van der Waals surface area contributed by atoms with E-state index >= 15 is 0 Å². The van der Waals surface area contributed by atoms with Gasteiger partial charge in [-0.2, -0.15) is 0 Å². The lowest BCUT2D eigenvalue weighted by molar-refractivity contribution is -0.306. The Morgan fingerprint density at radius 3 is 2.38 bits per heavy atom. The van der Waals surface area contributed by atoms with Crippen LogP contribution in [-0.4, -0.2) is 56.4 Å². The zero-order chi connectivity index (χ0) is 23.7. The second-order valence-corrected chi connectivity index (χ2v) is 12.9. The molecule has 0 heterocycles. The Labute approximate surface area is 192 Å². The highest BCUT2D eigenvalue weighted by atomic mass is 16.5. The number of carbonyl (C=O) groups is 1. The zero-order valence-corrected chi connectivity index (χ0v) is 20.6. The van der Waals surface area contributed by atoms with Gasteiger partial charge < -0.3 is 25.2 Å². The van der Waals surface area contributed by atoms with E-state index in [-0.39, 0.29) is 42.5 Å².